The average molecular weight is 414 g/mol. The van der Waals surface area contributed by atoms with Crippen LogP contribution in [-0.2, 0) is 15.3 Å². The lowest BCUT2D eigenvalue weighted by molar-refractivity contribution is -0.140. The molecule has 0 aliphatic heterocycles. The minimum absolute atomic E-state index is 0.0434. The average Bonchev–Trinajstić information content (AvgIpc) is 2.74. The molecule has 3 aromatic rings. The van der Waals surface area contributed by atoms with E-state index in [9.17, 15) is 19.1 Å². The molecule has 0 spiro atoms. The van der Waals surface area contributed by atoms with Crippen molar-refractivity contribution < 1.29 is 23.4 Å². The molecule has 1 aromatic heterocycles. The number of aromatic hydroxyl groups is 1. The summed E-state index contributed by atoms with van der Waals surface area (Å²) in [5.41, 5.74) is -0.0880. The number of halogens is 1. The number of hydrogen-bond donors (Lipinski definition) is 1. The summed E-state index contributed by atoms with van der Waals surface area (Å²) in [7, 11) is 1.24. The molecule has 0 radical (unpaired) electrons. The second kappa shape index (κ2) is 9.43. The lowest BCUT2D eigenvalue weighted by Crippen LogP contribution is -2.14. The first-order valence-electron chi connectivity index (χ1n) is 8.84. The number of carbonyl (C=O) groups excluding carboxylic acids is 1. The van der Waals surface area contributed by atoms with Gasteiger partial charge in [0.1, 0.15) is 11.6 Å². The van der Waals surface area contributed by atoms with E-state index in [2.05, 4.69) is 0 Å². The van der Waals surface area contributed by atoms with Crippen LogP contribution >= 0.6 is 11.8 Å². The highest BCUT2D eigenvalue weighted by Crippen LogP contribution is 2.34. The lowest BCUT2D eigenvalue weighted by atomic mass is 9.92. The van der Waals surface area contributed by atoms with Gasteiger partial charge in [0.05, 0.1) is 25.2 Å². The zero-order valence-corrected chi connectivity index (χ0v) is 16.4. The molecule has 0 fully saturated rings. The Bertz CT molecular complexity index is 1030. The van der Waals surface area contributed by atoms with Crippen molar-refractivity contribution in [3.63, 3.8) is 0 Å². The third-order valence-corrected chi connectivity index (χ3v) is 5.35. The molecule has 0 amide bonds. The van der Waals surface area contributed by atoms with Crippen molar-refractivity contribution in [3.05, 3.63) is 93.8 Å². The summed E-state index contributed by atoms with van der Waals surface area (Å²) >= 11 is 1.47. The van der Waals surface area contributed by atoms with Crippen LogP contribution in [0.25, 0.3) is 0 Å². The molecule has 7 heteroatoms. The van der Waals surface area contributed by atoms with Crippen molar-refractivity contribution in [3.8, 4) is 5.75 Å². The topological polar surface area (TPSA) is 76.7 Å². The standard InChI is InChI=1S/C22H19FO5S/c1-27-20(25)12-18(14-7-9-15(23)10-8-14)22-21(26)19(24)11-16(28-22)13-29-17-5-3-2-4-6-17/h2-11,18,26H,12-13H2,1H3/t18-/m0/s1. The van der Waals surface area contributed by atoms with Crippen LogP contribution in [0, 0.1) is 5.82 Å². The molecule has 0 saturated heterocycles. The quantitative estimate of drug-likeness (QED) is 0.454. The molecule has 1 N–H and O–H groups in total. The lowest BCUT2D eigenvalue weighted by Gasteiger charge is -2.17. The maximum Gasteiger partial charge on any atom is 0.306 e. The van der Waals surface area contributed by atoms with E-state index in [4.69, 9.17) is 9.15 Å². The monoisotopic (exact) mass is 414 g/mol. The third-order valence-electron chi connectivity index (χ3n) is 4.31. The van der Waals surface area contributed by atoms with E-state index in [1.807, 2.05) is 30.3 Å². The molecule has 0 bridgehead atoms. The van der Waals surface area contributed by atoms with Crippen LogP contribution in [0.1, 0.15) is 29.4 Å². The van der Waals surface area contributed by atoms with Crippen molar-refractivity contribution in [2.75, 3.05) is 7.11 Å². The van der Waals surface area contributed by atoms with Crippen LogP contribution in [0.15, 0.2) is 74.8 Å². The molecule has 5 nitrogen and oxygen atoms in total. The second-order valence-electron chi connectivity index (χ2n) is 6.28. The predicted molar refractivity (Wildman–Crippen MR) is 108 cm³/mol. The number of methoxy groups -OCH3 is 1. The fraction of sp³-hybridized carbons (Fsp3) is 0.182. The number of hydrogen-bond acceptors (Lipinski definition) is 6. The van der Waals surface area contributed by atoms with Crippen molar-refractivity contribution in [1.29, 1.82) is 0 Å². The van der Waals surface area contributed by atoms with Crippen LogP contribution in [0.3, 0.4) is 0 Å². The van der Waals surface area contributed by atoms with Crippen molar-refractivity contribution >= 4 is 17.7 Å². The van der Waals surface area contributed by atoms with Gasteiger partial charge in [0.15, 0.2) is 5.76 Å². The molecule has 150 valence electrons. The largest absolute Gasteiger partial charge is 0.502 e. The van der Waals surface area contributed by atoms with E-state index in [0.717, 1.165) is 4.90 Å². The smallest absolute Gasteiger partial charge is 0.306 e. The van der Waals surface area contributed by atoms with Gasteiger partial charge in [0, 0.05) is 11.0 Å². The summed E-state index contributed by atoms with van der Waals surface area (Å²) in [6.07, 6.45) is -0.173. The third kappa shape index (κ3) is 5.26. The van der Waals surface area contributed by atoms with E-state index in [1.165, 1.54) is 49.2 Å². The first kappa shape index (κ1) is 20.7. The molecule has 3 rings (SSSR count). The second-order valence-corrected chi connectivity index (χ2v) is 7.32. The molecule has 29 heavy (non-hydrogen) atoms. The van der Waals surface area contributed by atoms with Crippen LogP contribution in [0.2, 0.25) is 0 Å². The number of benzene rings is 2. The van der Waals surface area contributed by atoms with Crippen LogP contribution in [-0.4, -0.2) is 18.2 Å². The van der Waals surface area contributed by atoms with E-state index < -0.39 is 28.9 Å². The van der Waals surface area contributed by atoms with Crippen molar-refractivity contribution in [2.24, 2.45) is 0 Å². The fourth-order valence-electron chi connectivity index (χ4n) is 2.84. The minimum atomic E-state index is -0.794. The summed E-state index contributed by atoms with van der Waals surface area (Å²) < 4.78 is 23.9. The van der Waals surface area contributed by atoms with E-state index >= 15 is 0 Å². The van der Waals surface area contributed by atoms with E-state index in [1.54, 1.807) is 0 Å². The minimum Gasteiger partial charge on any atom is -0.502 e. The van der Waals surface area contributed by atoms with Gasteiger partial charge in [-0.05, 0) is 29.8 Å². The van der Waals surface area contributed by atoms with Gasteiger partial charge in [-0.1, -0.05) is 30.3 Å². The molecule has 2 aromatic carbocycles. The maximum atomic E-state index is 13.3. The normalized spacial score (nSPS) is 11.8. The van der Waals surface area contributed by atoms with Crippen LogP contribution < -0.4 is 5.43 Å². The summed E-state index contributed by atoms with van der Waals surface area (Å²) in [6.45, 7) is 0. The van der Waals surface area contributed by atoms with E-state index in [0.29, 0.717) is 17.1 Å². The molecular formula is C22H19FO5S. The zero-order valence-electron chi connectivity index (χ0n) is 15.6. The molecule has 1 atom stereocenters. The zero-order chi connectivity index (χ0) is 20.8. The van der Waals surface area contributed by atoms with Gasteiger partial charge in [-0.2, -0.15) is 0 Å². The van der Waals surface area contributed by atoms with Gasteiger partial charge in [-0.25, -0.2) is 4.39 Å². The Morgan fingerprint density at radius 2 is 1.86 bits per heavy atom. The number of thioether (sulfide) groups is 1. The van der Waals surface area contributed by atoms with E-state index in [-0.39, 0.29) is 12.2 Å². The number of rotatable bonds is 7. The van der Waals surface area contributed by atoms with Crippen LogP contribution in [0.4, 0.5) is 4.39 Å². The van der Waals surface area contributed by atoms with Crippen molar-refractivity contribution in [2.45, 2.75) is 23.0 Å². The van der Waals surface area contributed by atoms with Gasteiger partial charge in [0.2, 0.25) is 11.2 Å². The summed E-state index contributed by atoms with van der Waals surface area (Å²) in [6, 6.07) is 16.3. The highest BCUT2D eigenvalue weighted by atomic mass is 32.2. The van der Waals surface area contributed by atoms with Gasteiger partial charge in [-0.3, -0.25) is 9.59 Å². The highest BCUT2D eigenvalue weighted by molar-refractivity contribution is 7.98. The Balaban J connectivity index is 1.97. The Morgan fingerprint density at radius 3 is 2.52 bits per heavy atom. The molecule has 0 unspecified atom stereocenters. The highest BCUT2D eigenvalue weighted by Gasteiger charge is 2.26. The predicted octanol–water partition coefficient (Wildman–Crippen LogP) is 4.47. The Morgan fingerprint density at radius 1 is 1.17 bits per heavy atom. The maximum absolute atomic E-state index is 13.3. The molecule has 0 aliphatic rings. The number of carbonyl (C=O) groups is 1. The SMILES string of the molecule is COC(=O)C[C@@H](c1ccc(F)cc1)c1oc(CSc2ccccc2)cc(=O)c1O. The van der Waals surface area contributed by atoms with Gasteiger partial charge < -0.3 is 14.3 Å². The number of ether oxygens (including phenoxy) is 1. The summed E-state index contributed by atoms with van der Waals surface area (Å²) in [5, 5.41) is 10.3. The van der Waals surface area contributed by atoms with Gasteiger partial charge >= 0.3 is 5.97 Å². The fourth-order valence-corrected chi connectivity index (χ4v) is 3.64. The Kier molecular flexibility index (Phi) is 6.72. The first-order chi connectivity index (χ1) is 14.0. The Labute approximate surface area is 171 Å². The van der Waals surface area contributed by atoms with Gasteiger partial charge in [0.25, 0.3) is 0 Å². The van der Waals surface area contributed by atoms with Crippen molar-refractivity contribution in [1.82, 2.24) is 0 Å². The molecule has 0 saturated carbocycles. The Hall–Kier alpha value is -3.06. The summed E-state index contributed by atoms with van der Waals surface area (Å²) in [4.78, 5) is 25.2. The molecule has 1 heterocycles. The van der Waals surface area contributed by atoms with Gasteiger partial charge in [-0.15, -0.1) is 11.8 Å². The molecule has 0 aliphatic carbocycles. The first-order valence-corrected chi connectivity index (χ1v) is 9.82. The van der Waals surface area contributed by atoms with Crippen LogP contribution in [0.5, 0.6) is 5.75 Å². The summed E-state index contributed by atoms with van der Waals surface area (Å²) in [5.74, 6) is -1.68. The molecular weight excluding hydrogens is 395 g/mol. The number of esters is 1.